The third-order valence-corrected chi connectivity index (χ3v) is 2.59. The van der Waals surface area contributed by atoms with Gasteiger partial charge in [0, 0.05) is 9.93 Å². The molecule has 0 amide bonds. The van der Waals surface area contributed by atoms with Crippen LogP contribution in [0, 0.1) is 0 Å². The number of hydrogen-bond acceptors (Lipinski definition) is 4. The van der Waals surface area contributed by atoms with Gasteiger partial charge in [0.1, 0.15) is 5.60 Å². The number of esters is 1. The molecule has 1 aromatic rings. The Balaban J connectivity index is 2.99. The van der Waals surface area contributed by atoms with Crippen LogP contribution in [0.3, 0.4) is 0 Å². The zero-order chi connectivity index (χ0) is 15.3. The number of carbonyl (C=O) groups is 1. The van der Waals surface area contributed by atoms with Crippen molar-refractivity contribution in [3.63, 3.8) is 0 Å². The Morgan fingerprint density at radius 1 is 1.40 bits per heavy atom. The molecule has 0 radical (unpaired) electrons. The highest BCUT2D eigenvalue weighted by molar-refractivity contribution is 6.30. The summed E-state index contributed by atoms with van der Waals surface area (Å²) in [5.41, 5.74) is 8.33. The van der Waals surface area contributed by atoms with Gasteiger partial charge in [-0.15, -0.1) is 0 Å². The molecule has 0 heterocycles. The minimum atomic E-state index is -1.58. The standard InChI is InChI=1S/C13H16ClN3O3/c1-13(2,3)20-12(19)11(18)10(16-17-15)8-4-6-9(14)7-5-8/h4-7,10-11,18H,1-3H3/t10-,11-/m0/s1. The van der Waals surface area contributed by atoms with Gasteiger partial charge in [0.05, 0.1) is 6.04 Å². The summed E-state index contributed by atoms with van der Waals surface area (Å²) in [5.74, 6) is -0.843. The number of benzene rings is 1. The van der Waals surface area contributed by atoms with Crippen LogP contribution in [0.2, 0.25) is 5.02 Å². The van der Waals surface area contributed by atoms with Crippen LogP contribution in [-0.2, 0) is 9.53 Å². The lowest BCUT2D eigenvalue weighted by molar-refractivity contribution is -0.166. The van der Waals surface area contributed by atoms with Gasteiger partial charge in [0.2, 0.25) is 0 Å². The molecule has 0 aliphatic carbocycles. The summed E-state index contributed by atoms with van der Waals surface area (Å²) in [7, 11) is 0. The smallest absolute Gasteiger partial charge is 0.336 e. The summed E-state index contributed by atoms with van der Waals surface area (Å²) in [5, 5.41) is 14.0. The van der Waals surface area contributed by atoms with Crippen molar-refractivity contribution in [3.05, 3.63) is 45.3 Å². The summed E-state index contributed by atoms with van der Waals surface area (Å²) < 4.78 is 5.07. The van der Waals surface area contributed by atoms with E-state index >= 15 is 0 Å². The van der Waals surface area contributed by atoms with E-state index in [1.54, 1.807) is 45.0 Å². The Morgan fingerprint density at radius 3 is 2.40 bits per heavy atom. The average Bonchev–Trinajstić information content (AvgIpc) is 2.34. The topological polar surface area (TPSA) is 95.3 Å². The monoisotopic (exact) mass is 297 g/mol. The van der Waals surface area contributed by atoms with E-state index in [0.717, 1.165) is 0 Å². The van der Waals surface area contributed by atoms with Crippen molar-refractivity contribution < 1.29 is 14.6 Å². The second kappa shape index (κ2) is 6.61. The molecule has 0 spiro atoms. The summed E-state index contributed by atoms with van der Waals surface area (Å²) >= 11 is 5.77. The van der Waals surface area contributed by atoms with Crippen LogP contribution < -0.4 is 0 Å². The lowest BCUT2D eigenvalue weighted by Gasteiger charge is -2.24. The van der Waals surface area contributed by atoms with Gasteiger partial charge >= 0.3 is 5.97 Å². The Hall–Kier alpha value is -1.75. The lowest BCUT2D eigenvalue weighted by atomic mass is 10.0. The highest BCUT2D eigenvalue weighted by Crippen LogP contribution is 2.25. The largest absolute Gasteiger partial charge is 0.458 e. The maximum atomic E-state index is 11.8. The fourth-order valence-electron chi connectivity index (χ4n) is 1.52. The molecule has 20 heavy (non-hydrogen) atoms. The minimum Gasteiger partial charge on any atom is -0.458 e. The summed E-state index contributed by atoms with van der Waals surface area (Å²) in [6.07, 6.45) is -1.58. The van der Waals surface area contributed by atoms with Gasteiger partial charge in [-0.2, -0.15) is 0 Å². The summed E-state index contributed by atoms with van der Waals surface area (Å²) in [4.78, 5) is 14.5. The van der Waals surface area contributed by atoms with E-state index in [9.17, 15) is 9.90 Å². The molecule has 6 nitrogen and oxygen atoms in total. The van der Waals surface area contributed by atoms with Crippen LogP contribution in [0.25, 0.3) is 10.4 Å². The number of ether oxygens (including phenoxy) is 1. The van der Waals surface area contributed by atoms with Gasteiger partial charge in [-0.25, -0.2) is 4.79 Å². The quantitative estimate of drug-likeness (QED) is 0.399. The lowest BCUT2D eigenvalue weighted by Crippen LogP contribution is -2.34. The van der Waals surface area contributed by atoms with Gasteiger partial charge in [-0.1, -0.05) is 28.8 Å². The molecular formula is C13H16ClN3O3. The van der Waals surface area contributed by atoms with Crippen molar-refractivity contribution in [1.29, 1.82) is 0 Å². The Morgan fingerprint density at radius 2 is 1.95 bits per heavy atom. The molecule has 0 saturated heterocycles. The van der Waals surface area contributed by atoms with E-state index < -0.39 is 23.7 Å². The Bertz CT molecular complexity index is 519. The van der Waals surface area contributed by atoms with Crippen LogP contribution in [0.1, 0.15) is 32.4 Å². The predicted octanol–water partition coefficient (Wildman–Crippen LogP) is 3.39. The number of carbonyl (C=O) groups excluding carboxylic acids is 1. The van der Waals surface area contributed by atoms with Crippen molar-refractivity contribution >= 4 is 17.6 Å². The molecule has 2 atom stereocenters. The molecule has 1 rings (SSSR count). The molecule has 0 aliphatic heterocycles. The predicted molar refractivity (Wildman–Crippen MR) is 75.2 cm³/mol. The van der Waals surface area contributed by atoms with Crippen molar-refractivity contribution in [2.24, 2.45) is 5.11 Å². The fraction of sp³-hybridized carbons (Fsp3) is 0.462. The van der Waals surface area contributed by atoms with Gasteiger partial charge in [0.15, 0.2) is 6.10 Å². The van der Waals surface area contributed by atoms with E-state index in [1.165, 1.54) is 0 Å². The zero-order valence-corrected chi connectivity index (χ0v) is 12.2. The van der Waals surface area contributed by atoms with E-state index in [4.69, 9.17) is 21.9 Å². The second-order valence-corrected chi connectivity index (χ2v) is 5.62. The van der Waals surface area contributed by atoms with Crippen molar-refractivity contribution in [1.82, 2.24) is 0 Å². The van der Waals surface area contributed by atoms with Crippen LogP contribution in [-0.4, -0.2) is 22.8 Å². The summed E-state index contributed by atoms with van der Waals surface area (Å²) in [6.45, 7) is 5.05. The number of rotatable bonds is 4. The first-order chi connectivity index (χ1) is 9.24. The van der Waals surface area contributed by atoms with Crippen molar-refractivity contribution in [3.8, 4) is 0 Å². The number of hydrogen-bond donors (Lipinski definition) is 1. The van der Waals surface area contributed by atoms with Gasteiger partial charge in [-0.05, 0) is 44.0 Å². The zero-order valence-electron chi connectivity index (χ0n) is 11.4. The number of halogens is 1. The number of aliphatic hydroxyl groups excluding tert-OH is 1. The molecule has 1 aromatic carbocycles. The SMILES string of the molecule is CC(C)(C)OC(=O)[C@@H](O)[C@@H](N=[N+]=[N-])c1ccc(Cl)cc1. The highest BCUT2D eigenvalue weighted by Gasteiger charge is 2.31. The first-order valence-electron chi connectivity index (χ1n) is 5.95. The maximum absolute atomic E-state index is 11.8. The molecule has 0 bridgehead atoms. The Labute approximate surface area is 121 Å². The molecule has 1 N–H and O–H groups in total. The minimum absolute atomic E-state index is 0.477. The number of aliphatic hydroxyl groups is 1. The van der Waals surface area contributed by atoms with E-state index in [1.807, 2.05) is 0 Å². The number of nitrogens with zero attached hydrogens (tertiary/aromatic N) is 3. The molecule has 0 aromatic heterocycles. The summed E-state index contributed by atoms with van der Waals surface area (Å²) in [6, 6.07) is 5.26. The van der Waals surface area contributed by atoms with Crippen LogP contribution in [0.5, 0.6) is 0 Å². The van der Waals surface area contributed by atoms with Crippen LogP contribution >= 0.6 is 11.6 Å². The second-order valence-electron chi connectivity index (χ2n) is 5.18. The molecule has 0 fully saturated rings. The van der Waals surface area contributed by atoms with Crippen molar-refractivity contribution in [2.45, 2.75) is 38.5 Å². The molecular weight excluding hydrogens is 282 g/mol. The molecule has 7 heteroatoms. The van der Waals surface area contributed by atoms with Gasteiger partial charge < -0.3 is 9.84 Å². The third kappa shape index (κ3) is 4.74. The molecule has 0 unspecified atom stereocenters. The van der Waals surface area contributed by atoms with Crippen LogP contribution in [0.15, 0.2) is 29.4 Å². The van der Waals surface area contributed by atoms with E-state index in [0.29, 0.717) is 10.6 Å². The van der Waals surface area contributed by atoms with Gasteiger partial charge in [-0.3, -0.25) is 0 Å². The van der Waals surface area contributed by atoms with Gasteiger partial charge in [0.25, 0.3) is 0 Å². The molecule has 0 saturated carbocycles. The molecule has 108 valence electrons. The van der Waals surface area contributed by atoms with E-state index in [-0.39, 0.29) is 0 Å². The first-order valence-corrected chi connectivity index (χ1v) is 6.33. The van der Waals surface area contributed by atoms with Crippen LogP contribution in [0.4, 0.5) is 0 Å². The highest BCUT2D eigenvalue weighted by atomic mass is 35.5. The average molecular weight is 298 g/mol. The fourth-order valence-corrected chi connectivity index (χ4v) is 1.64. The first kappa shape index (κ1) is 16.3. The Kier molecular flexibility index (Phi) is 5.39. The van der Waals surface area contributed by atoms with E-state index in [2.05, 4.69) is 10.0 Å². The maximum Gasteiger partial charge on any atom is 0.336 e. The number of azide groups is 1. The van der Waals surface area contributed by atoms with Crippen molar-refractivity contribution in [2.75, 3.05) is 0 Å². The third-order valence-electron chi connectivity index (χ3n) is 2.33. The normalized spacial score (nSPS) is 14.1. The molecule has 0 aliphatic rings.